The number of hydrogen-bond acceptors (Lipinski definition) is 1. The second-order valence-electron chi connectivity index (χ2n) is 4.33. The summed E-state index contributed by atoms with van der Waals surface area (Å²) in [6, 6.07) is 12.2. The maximum absolute atomic E-state index is 5.67. The van der Waals surface area contributed by atoms with Gasteiger partial charge in [0.1, 0.15) is 5.75 Å². The molecule has 0 saturated carbocycles. The van der Waals surface area contributed by atoms with Gasteiger partial charge in [-0.3, -0.25) is 0 Å². The van der Waals surface area contributed by atoms with Crippen molar-refractivity contribution < 1.29 is 4.74 Å². The predicted molar refractivity (Wildman–Crippen MR) is 77.3 cm³/mol. The highest BCUT2D eigenvalue weighted by molar-refractivity contribution is 6.19. The van der Waals surface area contributed by atoms with Crippen LogP contribution in [0.2, 0.25) is 0 Å². The molecule has 0 aliphatic rings. The molecular weight excluding hydrogens is 244 g/mol. The fraction of sp³-hybridized carbons (Fsp3) is 0.250. The average molecular weight is 259 g/mol. The number of hydrogen-bond donors (Lipinski definition) is 0. The largest absolute Gasteiger partial charge is 0.491 e. The zero-order valence-corrected chi connectivity index (χ0v) is 11.3. The van der Waals surface area contributed by atoms with E-state index >= 15 is 0 Å². The number of benzene rings is 2. The van der Waals surface area contributed by atoms with Crippen LogP contribution in [-0.4, -0.2) is 12.0 Å². The normalized spacial score (nSPS) is 10.2. The average Bonchev–Trinajstić information content (AvgIpc) is 2.35. The Balaban J connectivity index is 2.35. The first kappa shape index (κ1) is 12.8. The van der Waals surface area contributed by atoms with E-state index in [1.54, 1.807) is 0 Å². The summed E-state index contributed by atoms with van der Waals surface area (Å²) in [6.45, 7) is 4.05. The monoisotopic (exact) mass is 258 g/mol. The highest BCUT2D eigenvalue weighted by Gasteiger charge is 2.00. The standard InChI is InChI=1S/C16H15ClO/c1-12(2)18-16-8-7-14-10-13(4-3-9-17)5-6-15(14)11-16/h5-8,10-12H,9H2,1-2H3. The molecule has 0 aliphatic carbocycles. The second-order valence-corrected chi connectivity index (χ2v) is 4.59. The number of alkyl halides is 1. The lowest BCUT2D eigenvalue weighted by Crippen LogP contribution is -2.05. The van der Waals surface area contributed by atoms with Crippen LogP contribution in [0.1, 0.15) is 19.4 Å². The van der Waals surface area contributed by atoms with E-state index in [0.29, 0.717) is 5.88 Å². The molecule has 0 atom stereocenters. The first-order valence-electron chi connectivity index (χ1n) is 5.94. The van der Waals surface area contributed by atoms with Crippen molar-refractivity contribution in [3.05, 3.63) is 42.0 Å². The summed E-state index contributed by atoms with van der Waals surface area (Å²) in [4.78, 5) is 0. The highest BCUT2D eigenvalue weighted by Crippen LogP contribution is 2.22. The van der Waals surface area contributed by atoms with Crippen LogP contribution in [0.5, 0.6) is 5.75 Å². The van der Waals surface area contributed by atoms with E-state index in [-0.39, 0.29) is 6.10 Å². The van der Waals surface area contributed by atoms with Crippen LogP contribution < -0.4 is 4.74 Å². The number of halogens is 1. The van der Waals surface area contributed by atoms with E-state index in [4.69, 9.17) is 16.3 Å². The molecule has 0 unspecified atom stereocenters. The maximum Gasteiger partial charge on any atom is 0.120 e. The van der Waals surface area contributed by atoms with Crippen LogP contribution in [-0.2, 0) is 0 Å². The van der Waals surface area contributed by atoms with E-state index < -0.39 is 0 Å². The fourth-order valence-electron chi connectivity index (χ4n) is 1.78. The Morgan fingerprint density at radius 2 is 1.83 bits per heavy atom. The van der Waals surface area contributed by atoms with Crippen molar-refractivity contribution in [3.8, 4) is 17.6 Å². The Labute approximate surface area is 113 Å². The van der Waals surface area contributed by atoms with Gasteiger partial charge in [0, 0.05) is 5.56 Å². The topological polar surface area (TPSA) is 9.23 Å². The van der Waals surface area contributed by atoms with Crippen molar-refractivity contribution in [1.82, 2.24) is 0 Å². The summed E-state index contributed by atoms with van der Waals surface area (Å²) in [5.41, 5.74) is 0.987. The van der Waals surface area contributed by atoms with Crippen LogP contribution in [0.3, 0.4) is 0 Å². The second kappa shape index (κ2) is 5.80. The van der Waals surface area contributed by atoms with Crippen molar-refractivity contribution in [1.29, 1.82) is 0 Å². The molecule has 2 aromatic rings. The van der Waals surface area contributed by atoms with Crippen LogP contribution in [0.4, 0.5) is 0 Å². The van der Waals surface area contributed by atoms with Gasteiger partial charge in [0.2, 0.25) is 0 Å². The summed E-state index contributed by atoms with van der Waals surface area (Å²) in [7, 11) is 0. The molecule has 0 spiro atoms. The van der Waals surface area contributed by atoms with Gasteiger partial charge < -0.3 is 4.74 Å². The summed E-state index contributed by atoms with van der Waals surface area (Å²) in [5, 5.41) is 2.32. The minimum atomic E-state index is 0.191. The third-order valence-corrected chi connectivity index (χ3v) is 2.62. The fourth-order valence-corrected chi connectivity index (χ4v) is 1.85. The molecule has 0 amide bonds. The lowest BCUT2D eigenvalue weighted by molar-refractivity contribution is 0.243. The molecule has 1 nitrogen and oxygen atoms in total. The van der Waals surface area contributed by atoms with Crippen LogP contribution in [0.15, 0.2) is 36.4 Å². The van der Waals surface area contributed by atoms with Crippen LogP contribution >= 0.6 is 11.6 Å². The van der Waals surface area contributed by atoms with Gasteiger partial charge in [0.15, 0.2) is 0 Å². The van der Waals surface area contributed by atoms with Crippen molar-refractivity contribution in [2.45, 2.75) is 20.0 Å². The quantitative estimate of drug-likeness (QED) is 0.579. The number of ether oxygens (including phenoxy) is 1. The van der Waals surface area contributed by atoms with Gasteiger partial charge in [-0.25, -0.2) is 0 Å². The van der Waals surface area contributed by atoms with Crippen molar-refractivity contribution in [2.75, 3.05) is 5.88 Å². The Kier molecular flexibility index (Phi) is 4.12. The van der Waals surface area contributed by atoms with Gasteiger partial charge in [0.05, 0.1) is 12.0 Å². The Morgan fingerprint density at radius 3 is 2.56 bits per heavy atom. The third kappa shape index (κ3) is 3.18. The molecule has 2 aromatic carbocycles. The summed E-state index contributed by atoms with van der Waals surface area (Å²) < 4.78 is 5.67. The highest BCUT2D eigenvalue weighted by atomic mass is 35.5. The van der Waals surface area contributed by atoms with Crippen LogP contribution in [0.25, 0.3) is 10.8 Å². The Hall–Kier alpha value is -1.65. The van der Waals surface area contributed by atoms with Crippen molar-refractivity contribution >= 4 is 22.4 Å². The zero-order chi connectivity index (χ0) is 13.0. The molecule has 0 bridgehead atoms. The Bertz CT molecular complexity index is 605. The van der Waals surface area contributed by atoms with E-state index in [1.807, 2.05) is 32.0 Å². The van der Waals surface area contributed by atoms with E-state index in [9.17, 15) is 0 Å². The van der Waals surface area contributed by atoms with Crippen molar-refractivity contribution in [3.63, 3.8) is 0 Å². The molecular formula is C16H15ClO. The Morgan fingerprint density at radius 1 is 1.11 bits per heavy atom. The number of fused-ring (bicyclic) bond motifs is 1. The smallest absolute Gasteiger partial charge is 0.120 e. The molecule has 2 rings (SSSR count). The van der Waals surface area contributed by atoms with Gasteiger partial charge >= 0.3 is 0 Å². The molecule has 0 saturated heterocycles. The molecule has 0 radical (unpaired) electrons. The molecule has 0 aromatic heterocycles. The molecule has 0 heterocycles. The predicted octanol–water partition coefficient (Wildman–Crippen LogP) is 4.22. The van der Waals surface area contributed by atoms with Gasteiger partial charge in [-0.05, 0) is 48.9 Å². The molecule has 92 valence electrons. The lowest BCUT2D eigenvalue weighted by Gasteiger charge is -2.10. The van der Waals surface area contributed by atoms with Gasteiger partial charge in [-0.1, -0.05) is 24.0 Å². The first-order valence-corrected chi connectivity index (χ1v) is 6.48. The molecule has 18 heavy (non-hydrogen) atoms. The third-order valence-electron chi connectivity index (χ3n) is 2.48. The first-order chi connectivity index (χ1) is 8.69. The van der Waals surface area contributed by atoms with Gasteiger partial charge in [-0.15, -0.1) is 11.6 Å². The summed E-state index contributed by atoms with van der Waals surface area (Å²) >= 11 is 5.55. The maximum atomic E-state index is 5.67. The summed E-state index contributed by atoms with van der Waals surface area (Å²) in [6.07, 6.45) is 0.191. The van der Waals surface area contributed by atoms with E-state index in [2.05, 4.69) is 30.0 Å². The van der Waals surface area contributed by atoms with Crippen molar-refractivity contribution in [2.24, 2.45) is 0 Å². The van der Waals surface area contributed by atoms with Crippen LogP contribution in [0, 0.1) is 11.8 Å². The van der Waals surface area contributed by atoms with Gasteiger partial charge in [-0.2, -0.15) is 0 Å². The minimum absolute atomic E-state index is 0.191. The SMILES string of the molecule is CC(C)Oc1ccc2cc(C#CCCl)ccc2c1. The van der Waals surface area contributed by atoms with E-state index in [1.165, 1.54) is 0 Å². The van der Waals surface area contributed by atoms with Gasteiger partial charge in [0.25, 0.3) is 0 Å². The van der Waals surface area contributed by atoms with E-state index in [0.717, 1.165) is 22.1 Å². The number of rotatable bonds is 2. The molecule has 0 fully saturated rings. The molecule has 0 aliphatic heterocycles. The summed E-state index contributed by atoms with van der Waals surface area (Å²) in [5.74, 6) is 7.14. The lowest BCUT2D eigenvalue weighted by atomic mass is 10.1. The minimum Gasteiger partial charge on any atom is -0.491 e. The zero-order valence-electron chi connectivity index (χ0n) is 10.5. The molecule has 0 N–H and O–H groups in total. The molecule has 2 heteroatoms.